The number of nitro benzene ring substituents is 1. The lowest BCUT2D eigenvalue weighted by Crippen LogP contribution is -2.47. The van der Waals surface area contributed by atoms with Crippen molar-refractivity contribution in [3.63, 3.8) is 0 Å². The molecule has 0 bridgehead atoms. The zero-order chi connectivity index (χ0) is 16.6. The van der Waals surface area contributed by atoms with Crippen LogP contribution in [0.25, 0.3) is 0 Å². The van der Waals surface area contributed by atoms with Crippen LogP contribution < -0.4 is 5.32 Å². The van der Waals surface area contributed by atoms with Gasteiger partial charge in [0.25, 0.3) is 5.69 Å². The Balaban J connectivity index is 3.13. The van der Waals surface area contributed by atoms with E-state index in [1.165, 1.54) is 19.2 Å². The smallest absolute Gasteiger partial charge is 0.320 e. The van der Waals surface area contributed by atoms with E-state index in [0.717, 1.165) is 12.1 Å². The van der Waals surface area contributed by atoms with Crippen LogP contribution in [0.5, 0.6) is 0 Å². The number of rotatable bonds is 3. The SMILES string of the molecule is Cc1cc([N+](=O)[O-])c(C)cc1NC(=O)C(F)(F)C(F)(F)F. The molecule has 5 nitrogen and oxygen atoms in total. The number of alkyl halides is 5. The maximum Gasteiger partial charge on any atom is 0.463 e. The van der Waals surface area contributed by atoms with Crippen LogP contribution in [0.2, 0.25) is 0 Å². The van der Waals surface area contributed by atoms with Crippen molar-refractivity contribution >= 4 is 17.3 Å². The van der Waals surface area contributed by atoms with Gasteiger partial charge >= 0.3 is 18.0 Å². The van der Waals surface area contributed by atoms with Gasteiger partial charge in [0.1, 0.15) is 0 Å². The van der Waals surface area contributed by atoms with E-state index in [0.29, 0.717) is 0 Å². The number of carbonyl (C=O) groups is 1. The molecule has 0 fully saturated rings. The Morgan fingerprint density at radius 2 is 1.67 bits per heavy atom. The van der Waals surface area contributed by atoms with Crippen LogP contribution in [0.3, 0.4) is 0 Å². The van der Waals surface area contributed by atoms with Crippen molar-refractivity contribution in [3.8, 4) is 0 Å². The molecule has 116 valence electrons. The lowest BCUT2D eigenvalue weighted by atomic mass is 10.1. The van der Waals surface area contributed by atoms with Gasteiger partial charge in [0.2, 0.25) is 0 Å². The van der Waals surface area contributed by atoms with Gasteiger partial charge in [-0.15, -0.1) is 0 Å². The summed E-state index contributed by atoms with van der Waals surface area (Å²) < 4.78 is 61.7. The molecule has 0 unspecified atom stereocenters. The maximum absolute atomic E-state index is 12.8. The second kappa shape index (κ2) is 5.26. The summed E-state index contributed by atoms with van der Waals surface area (Å²) >= 11 is 0. The molecule has 10 heteroatoms. The number of anilines is 1. The fourth-order valence-corrected chi connectivity index (χ4v) is 1.46. The number of nitro groups is 1. The van der Waals surface area contributed by atoms with Gasteiger partial charge in [-0.2, -0.15) is 22.0 Å². The summed E-state index contributed by atoms with van der Waals surface area (Å²) in [6, 6.07) is 1.93. The monoisotopic (exact) mass is 312 g/mol. The van der Waals surface area contributed by atoms with Gasteiger partial charge in [-0.05, 0) is 25.5 Å². The molecule has 1 aromatic carbocycles. The molecule has 0 aliphatic heterocycles. The summed E-state index contributed by atoms with van der Waals surface area (Å²) in [5.41, 5.74) is -0.699. The van der Waals surface area contributed by atoms with E-state index in [1.54, 1.807) is 0 Å². The van der Waals surface area contributed by atoms with Crippen LogP contribution in [0, 0.1) is 24.0 Å². The largest absolute Gasteiger partial charge is 0.463 e. The Morgan fingerprint density at radius 1 is 1.14 bits per heavy atom. The van der Waals surface area contributed by atoms with Gasteiger partial charge in [-0.3, -0.25) is 14.9 Å². The molecule has 1 rings (SSSR count). The number of nitrogens with one attached hydrogen (secondary N) is 1. The van der Waals surface area contributed by atoms with Crippen molar-refractivity contribution < 1.29 is 31.7 Å². The molecule has 0 aliphatic rings. The first-order valence-corrected chi connectivity index (χ1v) is 5.39. The lowest BCUT2D eigenvalue weighted by molar-refractivity contribution is -0.385. The quantitative estimate of drug-likeness (QED) is 0.528. The fraction of sp³-hybridized carbons (Fsp3) is 0.364. The predicted octanol–water partition coefficient (Wildman–Crippen LogP) is 3.35. The average molecular weight is 312 g/mol. The van der Waals surface area contributed by atoms with E-state index in [-0.39, 0.29) is 22.5 Å². The molecule has 1 amide bonds. The number of benzene rings is 1. The summed E-state index contributed by atoms with van der Waals surface area (Å²) in [6.07, 6.45) is -6.03. The second-order valence-electron chi connectivity index (χ2n) is 4.24. The first-order valence-electron chi connectivity index (χ1n) is 5.39. The highest BCUT2D eigenvalue weighted by atomic mass is 19.4. The molecule has 1 N–H and O–H groups in total. The number of carbonyl (C=O) groups excluding carboxylic acids is 1. The zero-order valence-corrected chi connectivity index (χ0v) is 10.7. The third-order valence-corrected chi connectivity index (χ3v) is 2.63. The van der Waals surface area contributed by atoms with Gasteiger partial charge < -0.3 is 5.32 Å². The highest BCUT2D eigenvalue weighted by Gasteiger charge is 2.63. The number of hydrogen-bond donors (Lipinski definition) is 1. The van der Waals surface area contributed by atoms with E-state index in [1.807, 2.05) is 0 Å². The Kier molecular flexibility index (Phi) is 4.21. The molecule has 0 atom stereocenters. The minimum Gasteiger partial charge on any atom is -0.320 e. The maximum atomic E-state index is 12.8. The van der Waals surface area contributed by atoms with Crippen molar-refractivity contribution in [2.75, 3.05) is 5.32 Å². The van der Waals surface area contributed by atoms with Crippen LogP contribution in [0.15, 0.2) is 12.1 Å². The molecule has 1 aromatic rings. The topological polar surface area (TPSA) is 72.2 Å². The van der Waals surface area contributed by atoms with Crippen molar-refractivity contribution in [1.29, 1.82) is 0 Å². The molecule has 0 saturated heterocycles. The second-order valence-corrected chi connectivity index (χ2v) is 4.24. The molecule has 21 heavy (non-hydrogen) atoms. The van der Waals surface area contributed by atoms with Gasteiger partial charge in [0.15, 0.2) is 0 Å². The zero-order valence-electron chi connectivity index (χ0n) is 10.7. The Morgan fingerprint density at radius 3 is 2.10 bits per heavy atom. The van der Waals surface area contributed by atoms with Crippen LogP contribution in [-0.4, -0.2) is 22.9 Å². The molecule has 0 saturated carbocycles. The fourth-order valence-electron chi connectivity index (χ4n) is 1.46. The molecular weight excluding hydrogens is 303 g/mol. The van der Waals surface area contributed by atoms with Gasteiger partial charge in [-0.25, -0.2) is 0 Å². The van der Waals surface area contributed by atoms with Crippen molar-refractivity contribution in [2.24, 2.45) is 0 Å². The van der Waals surface area contributed by atoms with E-state index < -0.39 is 22.9 Å². The molecule has 0 aliphatic carbocycles. The standard InChI is InChI=1S/C11H9F5N2O3/c1-5-4-8(18(20)21)6(2)3-7(5)17-9(19)10(12,13)11(14,15)16/h3-4H,1-2H3,(H,17,19). The van der Waals surface area contributed by atoms with E-state index >= 15 is 0 Å². The van der Waals surface area contributed by atoms with E-state index in [4.69, 9.17) is 0 Å². The summed E-state index contributed by atoms with van der Waals surface area (Å²) in [4.78, 5) is 21.0. The summed E-state index contributed by atoms with van der Waals surface area (Å²) in [5.74, 6) is -8.11. The molecular formula is C11H9F5N2O3. The van der Waals surface area contributed by atoms with Gasteiger partial charge in [-0.1, -0.05) is 0 Å². The average Bonchev–Trinajstić information content (AvgIpc) is 2.31. The summed E-state index contributed by atoms with van der Waals surface area (Å²) in [6.45, 7) is 2.49. The Labute approximate surface area is 114 Å². The predicted molar refractivity (Wildman–Crippen MR) is 62.2 cm³/mol. The number of halogens is 5. The minimum absolute atomic E-state index is 0.0104. The van der Waals surface area contributed by atoms with Crippen LogP contribution in [-0.2, 0) is 4.79 Å². The first kappa shape index (κ1) is 16.8. The van der Waals surface area contributed by atoms with E-state index in [9.17, 15) is 36.9 Å². The highest BCUT2D eigenvalue weighted by Crippen LogP contribution is 2.37. The Hall–Kier alpha value is -2.26. The Bertz CT molecular complexity index is 598. The number of nitrogens with zero attached hydrogens (tertiary/aromatic N) is 1. The minimum atomic E-state index is -6.03. The van der Waals surface area contributed by atoms with Crippen molar-refractivity contribution in [1.82, 2.24) is 0 Å². The molecule has 0 spiro atoms. The first-order chi connectivity index (χ1) is 9.37. The number of amides is 1. The lowest BCUT2D eigenvalue weighted by Gasteiger charge is -2.19. The van der Waals surface area contributed by atoms with Crippen LogP contribution >= 0.6 is 0 Å². The normalized spacial score (nSPS) is 12.1. The van der Waals surface area contributed by atoms with Crippen LogP contribution in [0.1, 0.15) is 11.1 Å². The number of hydrogen-bond acceptors (Lipinski definition) is 3. The highest BCUT2D eigenvalue weighted by molar-refractivity contribution is 5.97. The van der Waals surface area contributed by atoms with Gasteiger partial charge in [0.05, 0.1) is 4.92 Å². The van der Waals surface area contributed by atoms with Crippen molar-refractivity contribution in [3.05, 3.63) is 33.4 Å². The van der Waals surface area contributed by atoms with Crippen molar-refractivity contribution in [2.45, 2.75) is 25.9 Å². The summed E-state index contributed by atoms with van der Waals surface area (Å²) in [7, 11) is 0. The molecule has 0 radical (unpaired) electrons. The molecule has 0 heterocycles. The van der Waals surface area contributed by atoms with Crippen LogP contribution in [0.4, 0.5) is 33.3 Å². The third kappa shape index (κ3) is 3.26. The number of aryl methyl sites for hydroxylation is 2. The van der Waals surface area contributed by atoms with Gasteiger partial charge in [0, 0.05) is 17.3 Å². The third-order valence-electron chi connectivity index (χ3n) is 2.63. The van der Waals surface area contributed by atoms with E-state index in [2.05, 4.69) is 0 Å². The molecule has 0 aromatic heterocycles. The summed E-state index contributed by atoms with van der Waals surface area (Å²) in [5, 5.41) is 12.1.